The van der Waals surface area contributed by atoms with Crippen LogP contribution in [0.5, 0.6) is 0 Å². The normalized spacial score (nSPS) is 19.8. The fraction of sp³-hybridized carbons (Fsp3) is 0.571. The standard InChI is InChI=1S/C14H22ClN3/c1-17(2)10-13-4-3-7-18(13)14-6-5-12(15)8-11(14)9-16/h5-6,8,13H,3-4,7,9-10,16H2,1-2H3. The lowest BCUT2D eigenvalue weighted by Gasteiger charge is -2.30. The van der Waals surface area contributed by atoms with Gasteiger partial charge in [0, 0.05) is 36.4 Å². The van der Waals surface area contributed by atoms with Gasteiger partial charge in [-0.3, -0.25) is 0 Å². The molecule has 100 valence electrons. The molecule has 0 amide bonds. The Morgan fingerprint density at radius 1 is 1.44 bits per heavy atom. The van der Waals surface area contributed by atoms with Crippen LogP contribution in [0, 0.1) is 0 Å². The minimum Gasteiger partial charge on any atom is -0.367 e. The monoisotopic (exact) mass is 267 g/mol. The Balaban J connectivity index is 2.24. The molecule has 0 saturated carbocycles. The molecule has 1 aromatic carbocycles. The molecule has 18 heavy (non-hydrogen) atoms. The van der Waals surface area contributed by atoms with E-state index in [0.717, 1.165) is 23.7 Å². The fourth-order valence-electron chi connectivity index (χ4n) is 2.76. The number of hydrogen-bond acceptors (Lipinski definition) is 3. The van der Waals surface area contributed by atoms with Crippen molar-refractivity contribution in [1.82, 2.24) is 4.90 Å². The number of likely N-dealkylation sites (N-methyl/N-ethyl adjacent to an activating group) is 1. The number of nitrogens with zero attached hydrogens (tertiary/aromatic N) is 2. The summed E-state index contributed by atoms with van der Waals surface area (Å²) in [4.78, 5) is 4.74. The van der Waals surface area contributed by atoms with E-state index in [1.807, 2.05) is 12.1 Å². The molecule has 0 aromatic heterocycles. The van der Waals surface area contributed by atoms with E-state index in [9.17, 15) is 0 Å². The van der Waals surface area contributed by atoms with Crippen LogP contribution in [-0.4, -0.2) is 38.1 Å². The van der Waals surface area contributed by atoms with Gasteiger partial charge < -0.3 is 15.5 Å². The van der Waals surface area contributed by atoms with E-state index >= 15 is 0 Å². The predicted octanol–water partition coefficient (Wildman–Crippen LogP) is 2.33. The van der Waals surface area contributed by atoms with Crippen LogP contribution in [0.25, 0.3) is 0 Å². The van der Waals surface area contributed by atoms with Crippen molar-refractivity contribution in [3.8, 4) is 0 Å². The quantitative estimate of drug-likeness (QED) is 0.909. The van der Waals surface area contributed by atoms with Crippen LogP contribution in [-0.2, 0) is 6.54 Å². The number of rotatable bonds is 4. The molecule has 1 atom stereocenters. The van der Waals surface area contributed by atoms with E-state index in [-0.39, 0.29) is 0 Å². The van der Waals surface area contributed by atoms with E-state index in [2.05, 4.69) is 30.0 Å². The van der Waals surface area contributed by atoms with E-state index in [1.165, 1.54) is 18.5 Å². The van der Waals surface area contributed by atoms with Crippen molar-refractivity contribution in [2.45, 2.75) is 25.4 Å². The molecule has 0 radical (unpaired) electrons. The summed E-state index contributed by atoms with van der Waals surface area (Å²) in [6.45, 7) is 2.75. The topological polar surface area (TPSA) is 32.5 Å². The van der Waals surface area contributed by atoms with E-state index in [4.69, 9.17) is 17.3 Å². The number of benzene rings is 1. The average Bonchev–Trinajstić information content (AvgIpc) is 2.76. The Morgan fingerprint density at radius 2 is 2.22 bits per heavy atom. The van der Waals surface area contributed by atoms with Crippen LogP contribution >= 0.6 is 11.6 Å². The second-order valence-electron chi connectivity index (χ2n) is 5.23. The van der Waals surface area contributed by atoms with Gasteiger partial charge in [-0.25, -0.2) is 0 Å². The molecule has 1 aromatic rings. The first kappa shape index (κ1) is 13.7. The van der Waals surface area contributed by atoms with Crippen molar-refractivity contribution in [1.29, 1.82) is 0 Å². The lowest BCUT2D eigenvalue weighted by Crippen LogP contribution is -2.38. The van der Waals surface area contributed by atoms with Crippen molar-refractivity contribution in [2.24, 2.45) is 5.73 Å². The van der Waals surface area contributed by atoms with Crippen molar-refractivity contribution in [3.05, 3.63) is 28.8 Å². The SMILES string of the molecule is CN(C)CC1CCCN1c1ccc(Cl)cc1CN. The van der Waals surface area contributed by atoms with Crippen molar-refractivity contribution >= 4 is 17.3 Å². The molecule has 1 heterocycles. The van der Waals surface area contributed by atoms with Crippen LogP contribution in [0.4, 0.5) is 5.69 Å². The number of hydrogen-bond donors (Lipinski definition) is 1. The fourth-order valence-corrected chi connectivity index (χ4v) is 2.96. The highest BCUT2D eigenvalue weighted by Gasteiger charge is 2.26. The third-order valence-corrected chi connectivity index (χ3v) is 3.76. The third kappa shape index (κ3) is 2.97. The second-order valence-corrected chi connectivity index (χ2v) is 5.67. The molecule has 1 unspecified atom stereocenters. The molecule has 0 spiro atoms. The maximum Gasteiger partial charge on any atom is 0.0417 e. The zero-order valence-electron chi connectivity index (χ0n) is 11.2. The predicted molar refractivity (Wildman–Crippen MR) is 78.3 cm³/mol. The summed E-state index contributed by atoms with van der Waals surface area (Å²) in [5.41, 5.74) is 8.24. The molecule has 1 fully saturated rings. The maximum atomic E-state index is 6.04. The van der Waals surface area contributed by atoms with Crippen LogP contribution < -0.4 is 10.6 Å². The summed E-state index contributed by atoms with van der Waals surface area (Å²) in [5, 5.41) is 0.766. The molecule has 4 heteroatoms. The summed E-state index contributed by atoms with van der Waals surface area (Å²) in [7, 11) is 4.25. The molecule has 1 aliphatic rings. The molecular weight excluding hydrogens is 246 g/mol. The minimum atomic E-state index is 0.543. The Bertz CT molecular complexity index is 406. The van der Waals surface area contributed by atoms with Crippen LogP contribution in [0.2, 0.25) is 5.02 Å². The molecule has 2 rings (SSSR count). The van der Waals surface area contributed by atoms with Crippen LogP contribution in [0.15, 0.2) is 18.2 Å². The van der Waals surface area contributed by atoms with Gasteiger partial charge in [0.15, 0.2) is 0 Å². The summed E-state index contributed by atoms with van der Waals surface area (Å²) in [6, 6.07) is 6.65. The van der Waals surface area contributed by atoms with Crippen molar-refractivity contribution in [3.63, 3.8) is 0 Å². The van der Waals surface area contributed by atoms with E-state index < -0.39 is 0 Å². The molecule has 3 nitrogen and oxygen atoms in total. The highest BCUT2D eigenvalue weighted by atomic mass is 35.5. The zero-order valence-corrected chi connectivity index (χ0v) is 12.0. The molecule has 0 aliphatic carbocycles. The number of halogens is 1. The van der Waals surface area contributed by atoms with Gasteiger partial charge in [0.2, 0.25) is 0 Å². The van der Waals surface area contributed by atoms with Crippen LogP contribution in [0.3, 0.4) is 0 Å². The smallest absolute Gasteiger partial charge is 0.0417 e. The minimum absolute atomic E-state index is 0.543. The summed E-state index contributed by atoms with van der Waals surface area (Å²) < 4.78 is 0. The van der Waals surface area contributed by atoms with Gasteiger partial charge in [0.05, 0.1) is 0 Å². The lowest BCUT2D eigenvalue weighted by atomic mass is 10.1. The van der Waals surface area contributed by atoms with Gasteiger partial charge in [-0.05, 0) is 50.7 Å². The molecule has 0 bridgehead atoms. The van der Waals surface area contributed by atoms with E-state index in [0.29, 0.717) is 12.6 Å². The van der Waals surface area contributed by atoms with Gasteiger partial charge in [-0.15, -0.1) is 0 Å². The Hall–Kier alpha value is -0.770. The lowest BCUT2D eigenvalue weighted by molar-refractivity contribution is 0.372. The maximum absolute atomic E-state index is 6.04. The van der Waals surface area contributed by atoms with Crippen LogP contribution in [0.1, 0.15) is 18.4 Å². The molecule has 1 saturated heterocycles. The Kier molecular flexibility index (Phi) is 4.49. The molecular formula is C14H22ClN3. The van der Waals surface area contributed by atoms with Gasteiger partial charge in [-0.2, -0.15) is 0 Å². The average molecular weight is 268 g/mol. The highest BCUT2D eigenvalue weighted by molar-refractivity contribution is 6.30. The van der Waals surface area contributed by atoms with Crippen molar-refractivity contribution < 1.29 is 0 Å². The highest BCUT2D eigenvalue weighted by Crippen LogP contribution is 2.30. The van der Waals surface area contributed by atoms with E-state index in [1.54, 1.807) is 0 Å². The first-order valence-corrected chi connectivity index (χ1v) is 6.89. The molecule has 1 aliphatic heterocycles. The summed E-state index contributed by atoms with van der Waals surface area (Å²) in [5.74, 6) is 0. The summed E-state index contributed by atoms with van der Waals surface area (Å²) in [6.07, 6.45) is 2.51. The van der Waals surface area contributed by atoms with Crippen molar-refractivity contribution in [2.75, 3.05) is 32.1 Å². The Labute approximate surface area is 115 Å². The Morgan fingerprint density at radius 3 is 2.89 bits per heavy atom. The van der Waals surface area contributed by atoms with Gasteiger partial charge in [0.25, 0.3) is 0 Å². The third-order valence-electron chi connectivity index (χ3n) is 3.52. The first-order chi connectivity index (χ1) is 8.61. The second kappa shape index (κ2) is 5.91. The zero-order chi connectivity index (χ0) is 13.1. The number of anilines is 1. The molecule has 2 N–H and O–H groups in total. The largest absolute Gasteiger partial charge is 0.367 e. The van der Waals surface area contributed by atoms with Gasteiger partial charge in [-0.1, -0.05) is 11.6 Å². The first-order valence-electron chi connectivity index (χ1n) is 6.51. The summed E-state index contributed by atoms with van der Waals surface area (Å²) >= 11 is 6.04. The van der Waals surface area contributed by atoms with Gasteiger partial charge >= 0.3 is 0 Å². The number of nitrogens with two attached hydrogens (primary N) is 1. The van der Waals surface area contributed by atoms with Gasteiger partial charge in [0.1, 0.15) is 0 Å².